The average Bonchev–Trinajstić information content (AvgIpc) is 2.62. The highest BCUT2D eigenvalue weighted by Gasteiger charge is 1.97. The summed E-state index contributed by atoms with van der Waals surface area (Å²) in [5.41, 5.74) is 0. The summed E-state index contributed by atoms with van der Waals surface area (Å²) < 4.78 is 0. The number of hydrogen-bond acceptors (Lipinski definition) is 2. The van der Waals surface area contributed by atoms with E-state index >= 15 is 0 Å². The molecule has 0 rings (SSSR count). The number of nitrogens with one attached hydrogen (secondary N) is 1. The van der Waals surface area contributed by atoms with Gasteiger partial charge in [-0.25, -0.2) is 0 Å². The molecule has 0 heterocycles. The van der Waals surface area contributed by atoms with Gasteiger partial charge in [-0.2, -0.15) is 0 Å². The first-order valence-electron chi connectivity index (χ1n) is 12.8. The topological polar surface area (TPSA) is 47.0 Å². The predicted molar refractivity (Wildman–Crippen MR) is 131 cm³/mol. The van der Waals surface area contributed by atoms with Crippen molar-refractivity contribution in [3.8, 4) is 0 Å². The molecule has 0 aromatic heterocycles. The maximum absolute atomic E-state index is 3.64. The summed E-state index contributed by atoms with van der Waals surface area (Å²) in [6, 6.07) is 0. The van der Waals surface area contributed by atoms with Crippen LogP contribution in [0.15, 0.2) is 0 Å². The van der Waals surface area contributed by atoms with Crippen molar-refractivity contribution in [3.63, 3.8) is 0 Å². The summed E-state index contributed by atoms with van der Waals surface area (Å²) >= 11 is 0. The largest absolute Gasteiger partial charge is 0.344 e. The average molecular weight is 399 g/mol. The lowest BCUT2D eigenvalue weighted by molar-refractivity contribution is 0.499. The van der Waals surface area contributed by atoms with Crippen molar-refractivity contribution in [2.75, 3.05) is 13.1 Å². The second-order valence-corrected chi connectivity index (χ2v) is 9.77. The molecule has 0 amide bonds. The van der Waals surface area contributed by atoms with Crippen LogP contribution < -0.4 is 11.5 Å². The molecule has 0 fully saturated rings. The highest BCUT2D eigenvalue weighted by atomic mass is 14.8. The molecule has 0 aliphatic carbocycles. The molecule has 0 unspecified atom stereocenters. The summed E-state index contributed by atoms with van der Waals surface area (Å²) in [7, 11) is 0. The summed E-state index contributed by atoms with van der Waals surface area (Å²) in [6.45, 7) is 11.8. The van der Waals surface area contributed by atoms with Gasteiger partial charge in [-0.1, -0.05) is 130 Å². The summed E-state index contributed by atoms with van der Waals surface area (Å²) in [6.07, 6.45) is 25.9. The van der Waals surface area contributed by atoms with Gasteiger partial charge in [0.2, 0.25) is 0 Å². The van der Waals surface area contributed by atoms with Gasteiger partial charge in [0.05, 0.1) is 0 Å². The van der Waals surface area contributed by atoms with Gasteiger partial charge < -0.3 is 11.5 Å². The quantitative estimate of drug-likeness (QED) is 0.179. The Labute approximate surface area is 180 Å². The molecule has 28 heavy (non-hydrogen) atoms. The Bertz CT molecular complexity index is 237. The SMILES string of the molecule is CC(C)CCCCCCCCCCNCCCCCCCCCCC(C)C.N. The molecule has 4 N–H and O–H groups in total. The van der Waals surface area contributed by atoms with E-state index in [0.29, 0.717) is 0 Å². The van der Waals surface area contributed by atoms with Crippen molar-refractivity contribution >= 4 is 0 Å². The molecular weight excluding hydrogens is 340 g/mol. The third kappa shape index (κ3) is 28.1. The van der Waals surface area contributed by atoms with Gasteiger partial charge in [-0.15, -0.1) is 0 Å². The van der Waals surface area contributed by atoms with Crippen molar-refractivity contribution in [2.45, 2.75) is 143 Å². The van der Waals surface area contributed by atoms with Gasteiger partial charge in [0.15, 0.2) is 0 Å². The molecule has 0 spiro atoms. The molecule has 0 bridgehead atoms. The minimum Gasteiger partial charge on any atom is -0.344 e. The Morgan fingerprint density at radius 3 is 0.929 bits per heavy atom. The zero-order valence-electron chi connectivity index (χ0n) is 20.5. The summed E-state index contributed by atoms with van der Waals surface area (Å²) in [5.74, 6) is 1.78. The molecular formula is C26H58N2. The third-order valence-corrected chi connectivity index (χ3v) is 5.77. The Kier molecular flexibility index (Phi) is 26.8. The maximum atomic E-state index is 3.64. The molecule has 0 aromatic carbocycles. The van der Waals surface area contributed by atoms with E-state index < -0.39 is 0 Å². The van der Waals surface area contributed by atoms with Crippen molar-refractivity contribution in [1.29, 1.82) is 0 Å². The number of rotatable bonds is 22. The standard InChI is InChI=1S/C26H55N.H3N/c1-25(2)21-17-13-9-5-7-11-15-19-23-27-24-20-16-12-8-6-10-14-18-22-26(3)4;/h25-27H,5-24H2,1-4H3;1H3. The second kappa shape index (κ2) is 25.0. The van der Waals surface area contributed by atoms with E-state index in [4.69, 9.17) is 0 Å². The fourth-order valence-corrected chi connectivity index (χ4v) is 3.85. The van der Waals surface area contributed by atoms with Gasteiger partial charge in [0.1, 0.15) is 0 Å². The fourth-order valence-electron chi connectivity index (χ4n) is 3.85. The Morgan fingerprint density at radius 1 is 0.393 bits per heavy atom. The van der Waals surface area contributed by atoms with Crippen molar-refractivity contribution in [3.05, 3.63) is 0 Å². The minimum absolute atomic E-state index is 0. The summed E-state index contributed by atoms with van der Waals surface area (Å²) in [4.78, 5) is 0. The van der Waals surface area contributed by atoms with E-state index in [1.807, 2.05) is 0 Å². The molecule has 0 saturated carbocycles. The maximum Gasteiger partial charge on any atom is -0.00489 e. The van der Waals surface area contributed by atoms with Crippen molar-refractivity contribution < 1.29 is 0 Å². The molecule has 0 atom stereocenters. The molecule has 2 nitrogen and oxygen atoms in total. The van der Waals surface area contributed by atoms with E-state index in [1.54, 1.807) is 0 Å². The zero-order valence-corrected chi connectivity index (χ0v) is 20.5. The van der Waals surface area contributed by atoms with Crippen LogP contribution in [0.5, 0.6) is 0 Å². The van der Waals surface area contributed by atoms with E-state index in [2.05, 4.69) is 33.0 Å². The van der Waals surface area contributed by atoms with Crippen LogP contribution in [-0.2, 0) is 0 Å². The van der Waals surface area contributed by atoms with Crippen molar-refractivity contribution in [1.82, 2.24) is 11.5 Å². The lowest BCUT2D eigenvalue weighted by Crippen LogP contribution is -2.16. The molecule has 0 aliphatic heterocycles. The smallest absolute Gasteiger partial charge is 0.00489 e. The van der Waals surface area contributed by atoms with Gasteiger partial charge >= 0.3 is 0 Å². The van der Waals surface area contributed by atoms with Gasteiger partial charge in [0, 0.05) is 0 Å². The zero-order chi connectivity index (χ0) is 20.0. The normalized spacial score (nSPS) is 11.4. The van der Waals surface area contributed by atoms with E-state index in [-0.39, 0.29) is 6.15 Å². The first-order chi connectivity index (χ1) is 13.1. The van der Waals surface area contributed by atoms with E-state index in [1.165, 1.54) is 129 Å². The highest BCUT2D eigenvalue weighted by Crippen LogP contribution is 2.13. The Hall–Kier alpha value is -0.0800. The van der Waals surface area contributed by atoms with Gasteiger partial charge in [-0.05, 0) is 37.8 Å². The van der Waals surface area contributed by atoms with Crippen LogP contribution in [0.2, 0.25) is 0 Å². The van der Waals surface area contributed by atoms with Crippen LogP contribution in [0.4, 0.5) is 0 Å². The lowest BCUT2D eigenvalue weighted by atomic mass is 10.0. The van der Waals surface area contributed by atoms with Crippen LogP contribution in [0.25, 0.3) is 0 Å². The summed E-state index contributed by atoms with van der Waals surface area (Å²) in [5, 5.41) is 3.64. The third-order valence-electron chi connectivity index (χ3n) is 5.77. The van der Waals surface area contributed by atoms with Crippen LogP contribution in [0.1, 0.15) is 143 Å². The molecule has 172 valence electrons. The monoisotopic (exact) mass is 398 g/mol. The lowest BCUT2D eigenvalue weighted by Gasteiger charge is -2.06. The van der Waals surface area contributed by atoms with Crippen LogP contribution in [0, 0.1) is 11.8 Å². The predicted octanol–water partition coefficient (Wildman–Crippen LogP) is 9.07. The van der Waals surface area contributed by atoms with Gasteiger partial charge in [0.25, 0.3) is 0 Å². The molecule has 2 heteroatoms. The molecule has 0 radical (unpaired) electrons. The molecule has 0 aromatic rings. The first-order valence-corrected chi connectivity index (χ1v) is 12.8. The number of hydrogen-bond donors (Lipinski definition) is 2. The minimum atomic E-state index is 0. The molecule has 0 aliphatic rings. The fraction of sp³-hybridized carbons (Fsp3) is 1.00. The van der Waals surface area contributed by atoms with Crippen LogP contribution >= 0.6 is 0 Å². The van der Waals surface area contributed by atoms with Crippen LogP contribution in [-0.4, -0.2) is 13.1 Å². The molecule has 0 saturated heterocycles. The van der Waals surface area contributed by atoms with Gasteiger partial charge in [-0.3, -0.25) is 0 Å². The van der Waals surface area contributed by atoms with Crippen LogP contribution in [0.3, 0.4) is 0 Å². The Balaban J connectivity index is 0. The number of unbranched alkanes of at least 4 members (excludes halogenated alkanes) is 14. The van der Waals surface area contributed by atoms with Crippen molar-refractivity contribution in [2.24, 2.45) is 11.8 Å². The Morgan fingerprint density at radius 2 is 0.643 bits per heavy atom. The first kappa shape index (κ1) is 30.1. The van der Waals surface area contributed by atoms with E-state index in [0.717, 1.165) is 11.8 Å². The van der Waals surface area contributed by atoms with E-state index in [9.17, 15) is 0 Å². The second-order valence-electron chi connectivity index (χ2n) is 9.77. The highest BCUT2D eigenvalue weighted by molar-refractivity contribution is 4.53.